The van der Waals surface area contributed by atoms with Crippen molar-refractivity contribution in [2.45, 2.75) is 0 Å². The minimum Gasteiger partial charge on any atom is -0.224 e. The summed E-state index contributed by atoms with van der Waals surface area (Å²) in [6.07, 6.45) is 0. The van der Waals surface area contributed by atoms with Gasteiger partial charge in [0.05, 0.1) is 10.2 Å². The van der Waals surface area contributed by atoms with Crippen LogP contribution < -0.4 is 0 Å². The van der Waals surface area contributed by atoms with E-state index in [0.717, 1.165) is 10.2 Å². The summed E-state index contributed by atoms with van der Waals surface area (Å²) in [5.41, 5.74) is 1.04. The van der Waals surface area contributed by atoms with Crippen LogP contribution in [0.25, 0.3) is 30.4 Å². The Morgan fingerprint density at radius 3 is 2.65 bits per heavy atom. The molecule has 82 valence electrons. The van der Waals surface area contributed by atoms with Crippen molar-refractivity contribution in [3.8, 4) is 0 Å². The number of halogens is 1. The first-order chi connectivity index (χ1) is 8.33. The molecule has 4 heteroatoms. The van der Waals surface area contributed by atoms with Crippen molar-refractivity contribution < 1.29 is 0 Å². The number of fused-ring (bicyclic) bond motifs is 5. The van der Waals surface area contributed by atoms with Crippen molar-refractivity contribution in [1.82, 2.24) is 4.98 Å². The molecule has 0 amide bonds. The first-order valence-corrected chi connectivity index (χ1v) is 7.20. The Labute approximate surface area is 110 Å². The summed E-state index contributed by atoms with van der Waals surface area (Å²) in [5.74, 6) is 0. The first kappa shape index (κ1) is 9.83. The van der Waals surface area contributed by atoms with Crippen molar-refractivity contribution in [3.63, 3.8) is 0 Å². The van der Waals surface area contributed by atoms with Gasteiger partial charge in [-0.05, 0) is 18.2 Å². The van der Waals surface area contributed by atoms with Gasteiger partial charge in [-0.2, -0.15) is 0 Å². The standard InChI is InChI=1S/C13H6ClNS2/c14-13-15-12-10(17-13)6-5-9-11(12)7-3-1-2-4-8(7)16-9/h1-6H. The third-order valence-corrected chi connectivity index (χ3v) is 5.13. The van der Waals surface area contributed by atoms with E-state index >= 15 is 0 Å². The van der Waals surface area contributed by atoms with Gasteiger partial charge in [-0.25, -0.2) is 4.98 Å². The molecule has 0 aliphatic heterocycles. The maximum atomic E-state index is 6.01. The second-order valence-corrected chi connectivity index (χ2v) is 6.55. The largest absolute Gasteiger partial charge is 0.224 e. The second-order valence-electron chi connectivity index (χ2n) is 3.85. The van der Waals surface area contributed by atoms with Crippen LogP contribution in [0.2, 0.25) is 4.47 Å². The molecule has 0 N–H and O–H groups in total. The van der Waals surface area contributed by atoms with Gasteiger partial charge in [-0.1, -0.05) is 29.8 Å². The molecular weight excluding hydrogens is 270 g/mol. The highest BCUT2D eigenvalue weighted by Gasteiger charge is 2.11. The Morgan fingerprint density at radius 1 is 0.882 bits per heavy atom. The SMILES string of the molecule is Clc1nc2c(ccc3sc4ccccc4c32)s1. The lowest BCUT2D eigenvalue weighted by Crippen LogP contribution is -1.70. The molecule has 1 nitrogen and oxygen atoms in total. The number of hydrogen-bond donors (Lipinski definition) is 0. The summed E-state index contributed by atoms with van der Waals surface area (Å²) < 4.78 is 4.36. The third kappa shape index (κ3) is 1.33. The molecule has 0 saturated heterocycles. The van der Waals surface area contributed by atoms with E-state index in [4.69, 9.17) is 11.6 Å². The maximum Gasteiger partial charge on any atom is 0.184 e. The molecule has 0 aliphatic rings. The van der Waals surface area contributed by atoms with Crippen LogP contribution in [0.4, 0.5) is 0 Å². The van der Waals surface area contributed by atoms with Crippen LogP contribution in [-0.4, -0.2) is 4.98 Å². The Kier molecular flexibility index (Phi) is 1.98. The van der Waals surface area contributed by atoms with Gasteiger partial charge in [0.25, 0.3) is 0 Å². The molecule has 0 fully saturated rings. The number of nitrogens with zero attached hydrogens (tertiary/aromatic N) is 1. The summed E-state index contributed by atoms with van der Waals surface area (Å²) in [7, 11) is 0. The zero-order valence-corrected chi connectivity index (χ0v) is 11.0. The van der Waals surface area contributed by atoms with Crippen LogP contribution in [0.15, 0.2) is 36.4 Å². The van der Waals surface area contributed by atoms with Gasteiger partial charge in [0, 0.05) is 20.2 Å². The molecule has 2 aromatic carbocycles. The lowest BCUT2D eigenvalue weighted by molar-refractivity contribution is 1.52. The molecule has 2 aromatic heterocycles. The maximum absolute atomic E-state index is 6.01. The van der Waals surface area contributed by atoms with E-state index in [1.54, 1.807) is 0 Å². The number of rotatable bonds is 0. The quantitative estimate of drug-likeness (QED) is 0.423. The summed E-state index contributed by atoms with van der Waals surface area (Å²) in [6, 6.07) is 12.7. The molecule has 0 unspecified atom stereocenters. The van der Waals surface area contributed by atoms with E-state index in [1.165, 1.54) is 31.5 Å². The molecule has 0 radical (unpaired) electrons. The Morgan fingerprint density at radius 2 is 1.71 bits per heavy atom. The summed E-state index contributed by atoms with van der Waals surface area (Å²) in [6.45, 7) is 0. The van der Waals surface area contributed by atoms with E-state index in [0.29, 0.717) is 4.47 Å². The third-order valence-electron chi connectivity index (χ3n) is 2.87. The van der Waals surface area contributed by atoms with Crippen LogP contribution in [-0.2, 0) is 0 Å². The number of aromatic nitrogens is 1. The van der Waals surface area contributed by atoms with Crippen molar-refractivity contribution in [2.75, 3.05) is 0 Å². The molecule has 2 heterocycles. The fourth-order valence-electron chi connectivity index (χ4n) is 2.17. The summed E-state index contributed by atoms with van der Waals surface area (Å²) >= 11 is 9.36. The van der Waals surface area contributed by atoms with E-state index in [1.807, 2.05) is 11.3 Å². The van der Waals surface area contributed by atoms with Crippen LogP contribution in [0.5, 0.6) is 0 Å². The molecular formula is C13H6ClNS2. The number of thiophene rings is 1. The first-order valence-electron chi connectivity index (χ1n) is 5.19. The van der Waals surface area contributed by atoms with Gasteiger partial charge in [-0.15, -0.1) is 22.7 Å². The topological polar surface area (TPSA) is 12.9 Å². The monoisotopic (exact) mass is 275 g/mol. The van der Waals surface area contributed by atoms with Gasteiger partial charge in [0.2, 0.25) is 0 Å². The van der Waals surface area contributed by atoms with E-state index in [-0.39, 0.29) is 0 Å². The number of hydrogen-bond acceptors (Lipinski definition) is 3. The normalized spacial score (nSPS) is 11.8. The predicted molar refractivity (Wildman–Crippen MR) is 77.5 cm³/mol. The smallest absolute Gasteiger partial charge is 0.184 e. The number of thiazole rings is 1. The van der Waals surface area contributed by atoms with Crippen molar-refractivity contribution in [3.05, 3.63) is 40.9 Å². The highest BCUT2D eigenvalue weighted by atomic mass is 35.5. The molecule has 0 spiro atoms. The second kappa shape index (κ2) is 3.42. The zero-order chi connectivity index (χ0) is 11.4. The van der Waals surface area contributed by atoms with E-state index in [2.05, 4.69) is 41.4 Å². The van der Waals surface area contributed by atoms with Crippen molar-refractivity contribution in [1.29, 1.82) is 0 Å². The van der Waals surface area contributed by atoms with Crippen LogP contribution in [0.3, 0.4) is 0 Å². The molecule has 0 atom stereocenters. The zero-order valence-electron chi connectivity index (χ0n) is 8.61. The molecule has 4 rings (SSSR count). The van der Waals surface area contributed by atoms with Gasteiger partial charge in [0.1, 0.15) is 0 Å². The van der Waals surface area contributed by atoms with Gasteiger partial charge >= 0.3 is 0 Å². The predicted octanol–water partition coefficient (Wildman–Crippen LogP) is 5.32. The lowest BCUT2D eigenvalue weighted by Gasteiger charge is -1.92. The summed E-state index contributed by atoms with van der Waals surface area (Å²) in [4.78, 5) is 4.45. The molecule has 0 aliphatic carbocycles. The molecule has 4 aromatic rings. The molecule has 17 heavy (non-hydrogen) atoms. The Bertz CT molecular complexity index is 860. The highest BCUT2D eigenvalue weighted by molar-refractivity contribution is 7.26. The van der Waals surface area contributed by atoms with Gasteiger partial charge in [0.15, 0.2) is 4.47 Å². The lowest BCUT2D eigenvalue weighted by atomic mass is 10.1. The fourth-order valence-corrected chi connectivity index (χ4v) is 4.32. The van der Waals surface area contributed by atoms with Crippen molar-refractivity contribution in [2.24, 2.45) is 0 Å². The molecule has 0 saturated carbocycles. The van der Waals surface area contributed by atoms with Crippen LogP contribution >= 0.6 is 34.3 Å². The van der Waals surface area contributed by atoms with E-state index in [9.17, 15) is 0 Å². The van der Waals surface area contributed by atoms with E-state index < -0.39 is 0 Å². The average molecular weight is 276 g/mol. The minimum absolute atomic E-state index is 0.614. The number of benzene rings is 2. The van der Waals surface area contributed by atoms with Crippen LogP contribution in [0.1, 0.15) is 0 Å². The summed E-state index contributed by atoms with van der Waals surface area (Å²) in [5, 5.41) is 2.52. The Balaban J connectivity index is 2.37. The van der Waals surface area contributed by atoms with Gasteiger partial charge in [-0.3, -0.25) is 0 Å². The van der Waals surface area contributed by atoms with Crippen LogP contribution in [0, 0.1) is 0 Å². The van der Waals surface area contributed by atoms with Gasteiger partial charge < -0.3 is 0 Å². The minimum atomic E-state index is 0.614. The fraction of sp³-hybridized carbons (Fsp3) is 0. The highest BCUT2D eigenvalue weighted by Crippen LogP contribution is 2.40. The average Bonchev–Trinajstić information content (AvgIpc) is 2.87. The Hall–Kier alpha value is -1.16. The molecule has 0 bridgehead atoms. The van der Waals surface area contributed by atoms with Crippen molar-refractivity contribution >= 4 is 64.7 Å².